The molecular weight excluding hydrogens is 174 g/mol. The van der Waals surface area contributed by atoms with Crippen LogP contribution >= 0.6 is 0 Å². The minimum absolute atomic E-state index is 0.155. The molecule has 0 unspecified atom stereocenters. The monoisotopic (exact) mass is 199 g/mol. The van der Waals surface area contributed by atoms with Crippen molar-refractivity contribution in [3.05, 3.63) is 0 Å². The van der Waals surface area contributed by atoms with Crippen molar-refractivity contribution < 1.29 is 4.79 Å². The van der Waals surface area contributed by atoms with Gasteiger partial charge in [-0.05, 0) is 12.3 Å². The van der Waals surface area contributed by atoms with Crippen molar-refractivity contribution in [2.24, 2.45) is 11.3 Å². The van der Waals surface area contributed by atoms with Gasteiger partial charge in [-0.1, -0.05) is 47.5 Å². The van der Waals surface area contributed by atoms with Gasteiger partial charge in [0, 0.05) is 12.0 Å². The quantitative estimate of drug-likeness (QED) is 0.678. The molecule has 14 heavy (non-hydrogen) atoms. The van der Waals surface area contributed by atoms with Crippen LogP contribution in [0.3, 0.4) is 0 Å². The van der Waals surface area contributed by atoms with Gasteiger partial charge in [0.05, 0.1) is 0 Å². The summed E-state index contributed by atoms with van der Waals surface area (Å²) in [5, 5.41) is 2.96. The summed E-state index contributed by atoms with van der Waals surface area (Å²) < 4.78 is 0. The van der Waals surface area contributed by atoms with E-state index in [-0.39, 0.29) is 11.3 Å². The summed E-state index contributed by atoms with van der Waals surface area (Å²) in [7, 11) is 0. The summed E-state index contributed by atoms with van der Waals surface area (Å²) in [4.78, 5) is 11.5. The van der Waals surface area contributed by atoms with E-state index < -0.39 is 0 Å². The van der Waals surface area contributed by atoms with E-state index in [2.05, 4.69) is 19.2 Å². The molecule has 0 aromatic carbocycles. The first-order valence-electron chi connectivity index (χ1n) is 5.62. The second-order valence-electron chi connectivity index (χ2n) is 5.40. The second kappa shape index (κ2) is 6.05. The Morgan fingerprint density at radius 2 is 1.79 bits per heavy atom. The largest absolute Gasteiger partial charge is 0.356 e. The molecule has 0 aliphatic heterocycles. The third kappa shape index (κ3) is 6.93. The number of rotatable bonds is 5. The lowest BCUT2D eigenvalue weighted by molar-refractivity contribution is -0.128. The molecule has 0 radical (unpaired) electrons. The summed E-state index contributed by atoms with van der Waals surface area (Å²) in [6.07, 6.45) is 3.56. The molecule has 1 N–H and O–H groups in total. The first-order valence-corrected chi connectivity index (χ1v) is 5.62. The van der Waals surface area contributed by atoms with Gasteiger partial charge in [-0.2, -0.15) is 0 Å². The molecule has 0 bridgehead atoms. The number of carbonyl (C=O) groups is 1. The Morgan fingerprint density at radius 3 is 2.21 bits per heavy atom. The van der Waals surface area contributed by atoms with Crippen LogP contribution in [0.4, 0.5) is 0 Å². The Kier molecular flexibility index (Phi) is 5.82. The number of hydrogen-bond donors (Lipinski definition) is 1. The van der Waals surface area contributed by atoms with Crippen LogP contribution in [0, 0.1) is 11.3 Å². The van der Waals surface area contributed by atoms with E-state index in [1.165, 1.54) is 12.8 Å². The standard InChI is InChI=1S/C12H25NO/c1-10(2)8-6-7-9-13-11(14)12(3,4)5/h10H,6-9H2,1-5H3,(H,13,14). The fourth-order valence-corrected chi connectivity index (χ4v) is 1.14. The highest BCUT2D eigenvalue weighted by Gasteiger charge is 2.19. The van der Waals surface area contributed by atoms with Gasteiger partial charge in [-0.25, -0.2) is 0 Å². The van der Waals surface area contributed by atoms with Crippen molar-refractivity contribution in [2.75, 3.05) is 6.54 Å². The Morgan fingerprint density at radius 1 is 1.21 bits per heavy atom. The second-order valence-corrected chi connectivity index (χ2v) is 5.40. The zero-order valence-corrected chi connectivity index (χ0v) is 10.3. The maximum Gasteiger partial charge on any atom is 0.225 e. The van der Waals surface area contributed by atoms with Crippen LogP contribution in [0.2, 0.25) is 0 Å². The molecule has 0 aliphatic rings. The molecule has 0 aromatic heterocycles. The van der Waals surface area contributed by atoms with Crippen LogP contribution in [0.25, 0.3) is 0 Å². The minimum atomic E-state index is -0.252. The summed E-state index contributed by atoms with van der Waals surface area (Å²) in [5.74, 6) is 0.926. The van der Waals surface area contributed by atoms with E-state index in [4.69, 9.17) is 0 Å². The highest BCUT2D eigenvalue weighted by atomic mass is 16.2. The third-order valence-corrected chi connectivity index (χ3v) is 2.17. The van der Waals surface area contributed by atoms with Crippen molar-refractivity contribution >= 4 is 5.91 Å². The first-order chi connectivity index (χ1) is 6.34. The topological polar surface area (TPSA) is 29.1 Å². The minimum Gasteiger partial charge on any atom is -0.356 e. The maximum atomic E-state index is 11.5. The number of carbonyl (C=O) groups excluding carboxylic acids is 1. The number of nitrogens with one attached hydrogen (secondary N) is 1. The SMILES string of the molecule is CC(C)CCCCNC(=O)C(C)(C)C. The van der Waals surface area contributed by atoms with E-state index in [0.29, 0.717) is 0 Å². The zero-order chi connectivity index (χ0) is 11.2. The number of amides is 1. The molecule has 84 valence electrons. The van der Waals surface area contributed by atoms with Gasteiger partial charge in [0.2, 0.25) is 5.91 Å². The van der Waals surface area contributed by atoms with Crippen LogP contribution in [-0.4, -0.2) is 12.5 Å². The number of unbranched alkanes of at least 4 members (excludes halogenated alkanes) is 1. The Balaban J connectivity index is 3.42. The molecule has 0 saturated heterocycles. The average molecular weight is 199 g/mol. The van der Waals surface area contributed by atoms with E-state index in [9.17, 15) is 4.79 Å². The molecule has 0 spiro atoms. The maximum absolute atomic E-state index is 11.5. The Hall–Kier alpha value is -0.530. The Labute approximate surface area is 88.5 Å². The first kappa shape index (κ1) is 13.5. The van der Waals surface area contributed by atoms with Crippen LogP contribution in [0.15, 0.2) is 0 Å². The summed E-state index contributed by atoms with van der Waals surface area (Å²) >= 11 is 0. The average Bonchev–Trinajstić information content (AvgIpc) is 2.01. The van der Waals surface area contributed by atoms with Crippen molar-refractivity contribution in [1.29, 1.82) is 0 Å². The highest BCUT2D eigenvalue weighted by molar-refractivity contribution is 5.81. The van der Waals surface area contributed by atoms with Crippen molar-refractivity contribution in [1.82, 2.24) is 5.32 Å². The predicted molar refractivity (Wildman–Crippen MR) is 61.2 cm³/mol. The molecule has 2 nitrogen and oxygen atoms in total. The van der Waals surface area contributed by atoms with Gasteiger partial charge in [-0.3, -0.25) is 4.79 Å². The molecule has 0 aliphatic carbocycles. The lowest BCUT2D eigenvalue weighted by Crippen LogP contribution is -2.35. The van der Waals surface area contributed by atoms with Crippen molar-refractivity contribution in [3.63, 3.8) is 0 Å². The summed E-state index contributed by atoms with van der Waals surface area (Å²) in [5.41, 5.74) is -0.252. The van der Waals surface area contributed by atoms with E-state index in [1.807, 2.05) is 20.8 Å². The number of hydrogen-bond acceptors (Lipinski definition) is 1. The smallest absolute Gasteiger partial charge is 0.225 e. The zero-order valence-electron chi connectivity index (χ0n) is 10.3. The fraction of sp³-hybridized carbons (Fsp3) is 0.917. The van der Waals surface area contributed by atoms with Gasteiger partial charge in [-0.15, -0.1) is 0 Å². The summed E-state index contributed by atoms with van der Waals surface area (Å²) in [6.45, 7) is 11.1. The summed E-state index contributed by atoms with van der Waals surface area (Å²) in [6, 6.07) is 0. The van der Waals surface area contributed by atoms with Gasteiger partial charge in [0.15, 0.2) is 0 Å². The van der Waals surface area contributed by atoms with Crippen molar-refractivity contribution in [3.8, 4) is 0 Å². The molecule has 0 atom stereocenters. The predicted octanol–water partition coefficient (Wildman–Crippen LogP) is 2.98. The van der Waals surface area contributed by atoms with E-state index in [0.717, 1.165) is 18.9 Å². The molecule has 0 fully saturated rings. The molecule has 2 heteroatoms. The highest BCUT2D eigenvalue weighted by Crippen LogP contribution is 2.12. The van der Waals surface area contributed by atoms with Gasteiger partial charge < -0.3 is 5.32 Å². The fourth-order valence-electron chi connectivity index (χ4n) is 1.14. The van der Waals surface area contributed by atoms with Crippen molar-refractivity contribution in [2.45, 2.75) is 53.9 Å². The Bertz CT molecular complexity index is 168. The molecule has 0 rings (SSSR count). The lowest BCUT2D eigenvalue weighted by atomic mass is 9.95. The van der Waals surface area contributed by atoms with Crippen LogP contribution in [0.5, 0.6) is 0 Å². The third-order valence-electron chi connectivity index (χ3n) is 2.17. The molecule has 0 aromatic rings. The molecule has 0 saturated carbocycles. The van der Waals surface area contributed by atoms with Crippen LogP contribution in [-0.2, 0) is 4.79 Å². The molecular formula is C12H25NO. The van der Waals surface area contributed by atoms with Gasteiger partial charge in [0.1, 0.15) is 0 Å². The van der Waals surface area contributed by atoms with Gasteiger partial charge in [0.25, 0.3) is 0 Å². The van der Waals surface area contributed by atoms with Gasteiger partial charge >= 0.3 is 0 Å². The van der Waals surface area contributed by atoms with Crippen LogP contribution in [0.1, 0.15) is 53.9 Å². The molecule has 1 amide bonds. The van der Waals surface area contributed by atoms with E-state index in [1.54, 1.807) is 0 Å². The van der Waals surface area contributed by atoms with E-state index >= 15 is 0 Å². The normalized spacial score (nSPS) is 11.9. The van der Waals surface area contributed by atoms with Crippen LogP contribution < -0.4 is 5.32 Å². The molecule has 0 heterocycles. The lowest BCUT2D eigenvalue weighted by Gasteiger charge is -2.17.